The van der Waals surface area contributed by atoms with Gasteiger partial charge in [-0.2, -0.15) is 0 Å². The molecule has 2 N–H and O–H groups in total. The molecular formula is C34H52N2O4. The largest absolute Gasteiger partial charge is 0.498 e. The highest BCUT2D eigenvalue weighted by atomic mass is 16.5. The topological polar surface area (TPSA) is 71.0 Å². The normalized spacial score (nSPS) is 27.5. The molecule has 2 aliphatic heterocycles. The fourth-order valence-electron chi connectivity index (χ4n) is 7.61. The van der Waals surface area contributed by atoms with Gasteiger partial charge in [-0.25, -0.2) is 4.79 Å². The molecule has 0 aromatic heterocycles. The van der Waals surface area contributed by atoms with Crippen molar-refractivity contribution in [3.8, 4) is 0 Å². The molecule has 5 aliphatic rings. The number of aliphatic hydroxyl groups excluding tert-OH is 1. The van der Waals surface area contributed by atoms with Gasteiger partial charge in [0.15, 0.2) is 0 Å². The number of hydrogen-bond donors (Lipinski definition) is 2. The monoisotopic (exact) mass is 552 g/mol. The number of allylic oxidation sites excluding steroid dienone is 6. The number of urea groups is 1. The van der Waals surface area contributed by atoms with Crippen LogP contribution in [0.1, 0.15) is 111 Å². The highest BCUT2D eigenvalue weighted by Gasteiger charge is 2.39. The zero-order valence-corrected chi connectivity index (χ0v) is 25.4. The molecule has 1 saturated heterocycles. The lowest BCUT2D eigenvalue weighted by molar-refractivity contribution is -0.0629. The lowest BCUT2D eigenvalue weighted by atomic mass is 9.71. The Bertz CT molecular complexity index is 1060. The minimum absolute atomic E-state index is 0.0670. The van der Waals surface area contributed by atoms with Crippen LogP contribution in [-0.2, 0) is 9.47 Å². The van der Waals surface area contributed by atoms with Gasteiger partial charge in [0.05, 0.1) is 24.6 Å². The lowest BCUT2D eigenvalue weighted by Crippen LogP contribution is -2.47. The smallest absolute Gasteiger partial charge is 0.321 e. The van der Waals surface area contributed by atoms with Gasteiger partial charge in [-0.3, -0.25) is 4.90 Å². The first-order chi connectivity index (χ1) is 19.2. The Hall–Kier alpha value is -2.05. The van der Waals surface area contributed by atoms with E-state index >= 15 is 0 Å². The first kappa shape index (κ1) is 29.4. The van der Waals surface area contributed by atoms with Crippen molar-refractivity contribution in [1.29, 1.82) is 0 Å². The Kier molecular flexibility index (Phi) is 9.46. The first-order valence-electron chi connectivity index (χ1n) is 16.1. The number of rotatable bonds is 5. The number of carbonyl (C=O) groups is 1. The summed E-state index contributed by atoms with van der Waals surface area (Å²) in [5.41, 5.74) is 5.82. The van der Waals surface area contributed by atoms with E-state index in [-0.39, 0.29) is 24.6 Å². The molecule has 222 valence electrons. The van der Waals surface area contributed by atoms with Crippen LogP contribution in [0.25, 0.3) is 0 Å². The van der Waals surface area contributed by atoms with Gasteiger partial charge in [0.25, 0.3) is 0 Å². The predicted octanol–water partition coefficient (Wildman–Crippen LogP) is 7.31. The molecule has 5 rings (SSSR count). The molecule has 0 aromatic carbocycles. The maximum atomic E-state index is 13.9. The van der Waals surface area contributed by atoms with E-state index in [1.807, 2.05) is 0 Å². The summed E-state index contributed by atoms with van der Waals surface area (Å²) >= 11 is 0. The number of aliphatic hydroxyl groups is 1. The number of nitrogens with zero attached hydrogens (tertiary/aromatic N) is 1. The van der Waals surface area contributed by atoms with Crippen LogP contribution in [0, 0.1) is 11.8 Å². The molecule has 3 atom stereocenters. The van der Waals surface area contributed by atoms with Gasteiger partial charge in [0, 0.05) is 24.2 Å². The van der Waals surface area contributed by atoms with E-state index < -0.39 is 11.7 Å². The summed E-state index contributed by atoms with van der Waals surface area (Å²) in [6, 6.07) is 0.347. The van der Waals surface area contributed by atoms with Crippen LogP contribution in [0.15, 0.2) is 45.9 Å². The minimum Gasteiger partial charge on any atom is -0.498 e. The molecule has 40 heavy (non-hydrogen) atoms. The van der Waals surface area contributed by atoms with Gasteiger partial charge >= 0.3 is 6.03 Å². The van der Waals surface area contributed by atoms with Crippen LogP contribution in [0.3, 0.4) is 0 Å². The van der Waals surface area contributed by atoms with Crippen molar-refractivity contribution in [2.75, 3.05) is 19.8 Å². The molecule has 1 saturated carbocycles. The Morgan fingerprint density at radius 1 is 1.07 bits per heavy atom. The van der Waals surface area contributed by atoms with E-state index in [2.05, 4.69) is 50.1 Å². The van der Waals surface area contributed by atoms with Crippen LogP contribution in [0.2, 0.25) is 0 Å². The third-order valence-corrected chi connectivity index (χ3v) is 9.38. The van der Waals surface area contributed by atoms with Gasteiger partial charge in [-0.15, -0.1) is 0 Å². The molecule has 0 aromatic rings. The van der Waals surface area contributed by atoms with E-state index in [0.29, 0.717) is 5.92 Å². The van der Waals surface area contributed by atoms with Crippen molar-refractivity contribution in [2.45, 2.75) is 129 Å². The molecule has 6 nitrogen and oxygen atoms in total. The predicted molar refractivity (Wildman–Crippen MR) is 160 cm³/mol. The molecule has 3 unspecified atom stereocenters. The summed E-state index contributed by atoms with van der Waals surface area (Å²) in [7, 11) is 0. The average Bonchev–Trinajstić information content (AvgIpc) is 2.92. The second kappa shape index (κ2) is 12.9. The van der Waals surface area contributed by atoms with E-state index in [9.17, 15) is 9.90 Å². The van der Waals surface area contributed by atoms with E-state index in [4.69, 9.17) is 9.47 Å². The highest BCUT2D eigenvalue weighted by Crippen LogP contribution is 2.47. The summed E-state index contributed by atoms with van der Waals surface area (Å²) < 4.78 is 12.6. The Morgan fingerprint density at radius 2 is 1.85 bits per heavy atom. The maximum absolute atomic E-state index is 13.9. The number of amides is 2. The summed E-state index contributed by atoms with van der Waals surface area (Å²) in [5, 5.41) is 14.2. The van der Waals surface area contributed by atoms with E-state index in [0.717, 1.165) is 94.4 Å². The number of ether oxygens (including phenoxy) is 2. The molecule has 2 amide bonds. The Morgan fingerprint density at radius 3 is 2.60 bits per heavy atom. The fraction of sp³-hybridized carbons (Fsp3) is 0.735. The van der Waals surface area contributed by atoms with Gasteiger partial charge in [0.1, 0.15) is 6.10 Å². The number of nitrogens with one attached hydrogen (secondary N) is 1. The number of fused-ring (bicyclic) bond motifs is 1. The lowest BCUT2D eigenvalue weighted by Gasteiger charge is -2.42. The van der Waals surface area contributed by atoms with Crippen LogP contribution < -0.4 is 5.32 Å². The number of carbonyl (C=O) groups excluding carboxylic acids is 1. The molecule has 0 spiro atoms. The van der Waals surface area contributed by atoms with Crippen molar-refractivity contribution in [1.82, 2.24) is 10.2 Å². The summed E-state index contributed by atoms with van der Waals surface area (Å²) in [6.45, 7) is 9.99. The molecule has 0 bridgehead atoms. The number of hydrogen-bond acceptors (Lipinski definition) is 4. The first-order valence-corrected chi connectivity index (χ1v) is 16.1. The van der Waals surface area contributed by atoms with Gasteiger partial charge < -0.3 is 19.9 Å². The zero-order valence-electron chi connectivity index (χ0n) is 25.4. The molecule has 0 radical (unpaired) electrons. The van der Waals surface area contributed by atoms with E-state index in [1.54, 1.807) is 0 Å². The van der Waals surface area contributed by atoms with Crippen molar-refractivity contribution >= 4 is 6.03 Å². The van der Waals surface area contributed by atoms with Crippen molar-refractivity contribution in [3.63, 3.8) is 0 Å². The van der Waals surface area contributed by atoms with Crippen molar-refractivity contribution < 1.29 is 19.4 Å². The second-order valence-electron chi connectivity index (χ2n) is 13.7. The van der Waals surface area contributed by atoms with Crippen molar-refractivity contribution in [2.24, 2.45) is 11.8 Å². The third-order valence-electron chi connectivity index (χ3n) is 9.38. The average molecular weight is 553 g/mol. The van der Waals surface area contributed by atoms with Crippen LogP contribution in [0.5, 0.6) is 0 Å². The van der Waals surface area contributed by atoms with Crippen LogP contribution in [0.4, 0.5) is 4.79 Å². The van der Waals surface area contributed by atoms with Crippen molar-refractivity contribution in [3.05, 3.63) is 45.9 Å². The fourth-order valence-corrected chi connectivity index (χ4v) is 7.61. The quantitative estimate of drug-likeness (QED) is 0.375. The minimum atomic E-state index is -0.431. The summed E-state index contributed by atoms with van der Waals surface area (Å²) in [4.78, 5) is 15.9. The SMILES string of the molecule is CC1CC2=C(CCCCCN2C(=O)NC2CCCCC2)C(C(CO)OC(C)(C)C)=C1C1=CC=C2OCCCC2C1. The van der Waals surface area contributed by atoms with Crippen LogP contribution >= 0.6 is 0 Å². The Labute approximate surface area is 241 Å². The molecule has 2 fully saturated rings. The third kappa shape index (κ3) is 6.70. The van der Waals surface area contributed by atoms with Gasteiger partial charge in [-0.05, 0) is 113 Å². The zero-order chi connectivity index (χ0) is 28.3. The Balaban J connectivity index is 1.59. The molecule has 3 aliphatic carbocycles. The standard InChI is InChI=1S/C34H52N2O4/c1-23-20-28-27(15-9-6-10-18-36(28)33(38)35-26-13-7-5-8-14-26)32(30(22-37)40-34(2,3)4)31(23)25-16-17-29-24(21-25)12-11-19-39-29/h16-17,23-24,26,30,37H,5-15,18-22H2,1-4H3,(H,35,38). The molecule has 6 heteroatoms. The summed E-state index contributed by atoms with van der Waals surface area (Å²) in [5.74, 6) is 1.78. The van der Waals surface area contributed by atoms with Crippen LogP contribution in [-0.4, -0.2) is 53.5 Å². The molecule has 2 heterocycles. The second-order valence-corrected chi connectivity index (χ2v) is 13.7. The van der Waals surface area contributed by atoms with Gasteiger partial charge in [-0.1, -0.05) is 38.7 Å². The maximum Gasteiger partial charge on any atom is 0.321 e. The summed E-state index contributed by atoms with van der Waals surface area (Å²) in [6.07, 6.45) is 18.1. The van der Waals surface area contributed by atoms with E-state index in [1.165, 1.54) is 36.0 Å². The highest BCUT2D eigenvalue weighted by molar-refractivity contribution is 5.77. The molecular weight excluding hydrogens is 500 g/mol. The van der Waals surface area contributed by atoms with Gasteiger partial charge in [0.2, 0.25) is 0 Å².